The zero-order chi connectivity index (χ0) is 22.9. The molecular weight excluding hydrogens is 446 g/mol. The summed E-state index contributed by atoms with van der Waals surface area (Å²) < 4.78 is 11.0. The highest BCUT2D eigenvalue weighted by molar-refractivity contribution is 7.14. The van der Waals surface area contributed by atoms with E-state index in [-0.39, 0.29) is 18.2 Å². The first-order valence-electron chi connectivity index (χ1n) is 10.7. The smallest absolute Gasteiger partial charge is 0.278 e. The van der Waals surface area contributed by atoms with Crippen LogP contribution in [-0.4, -0.2) is 59.0 Å². The number of para-hydroxylation sites is 1. The Morgan fingerprint density at radius 2 is 2.09 bits per heavy atom. The second-order valence-electron chi connectivity index (χ2n) is 7.96. The SMILES string of the molecule is O=C1C=COC1C(=O)N(CCCN1CCCC1=O)c1nc(C2Oc3ccccc3C2=O)cs1. The van der Waals surface area contributed by atoms with Crippen molar-refractivity contribution in [1.82, 2.24) is 9.88 Å². The molecule has 0 aliphatic carbocycles. The summed E-state index contributed by atoms with van der Waals surface area (Å²) >= 11 is 1.19. The maximum Gasteiger partial charge on any atom is 0.278 e. The summed E-state index contributed by atoms with van der Waals surface area (Å²) in [5.41, 5.74) is 0.900. The van der Waals surface area contributed by atoms with E-state index < -0.39 is 23.9 Å². The molecule has 9 nitrogen and oxygen atoms in total. The maximum atomic E-state index is 13.1. The van der Waals surface area contributed by atoms with E-state index >= 15 is 0 Å². The van der Waals surface area contributed by atoms with Gasteiger partial charge in [0, 0.05) is 37.5 Å². The molecule has 10 heteroatoms. The van der Waals surface area contributed by atoms with Crippen LogP contribution in [0.4, 0.5) is 5.13 Å². The lowest BCUT2D eigenvalue weighted by molar-refractivity contribution is -0.134. The number of benzene rings is 1. The van der Waals surface area contributed by atoms with Crippen LogP contribution in [0.3, 0.4) is 0 Å². The van der Waals surface area contributed by atoms with Crippen molar-refractivity contribution in [2.24, 2.45) is 0 Å². The quantitative estimate of drug-likeness (QED) is 0.575. The molecule has 0 bridgehead atoms. The third-order valence-corrected chi connectivity index (χ3v) is 6.70. The van der Waals surface area contributed by atoms with E-state index in [0.717, 1.165) is 6.42 Å². The fourth-order valence-electron chi connectivity index (χ4n) is 4.13. The zero-order valence-electron chi connectivity index (χ0n) is 17.6. The highest BCUT2D eigenvalue weighted by Crippen LogP contribution is 2.37. The van der Waals surface area contributed by atoms with E-state index in [0.29, 0.717) is 48.1 Å². The molecular formula is C23H21N3O6S. The third-order valence-electron chi connectivity index (χ3n) is 5.82. The summed E-state index contributed by atoms with van der Waals surface area (Å²) in [6.45, 7) is 1.48. The van der Waals surface area contributed by atoms with Gasteiger partial charge < -0.3 is 14.4 Å². The molecule has 170 valence electrons. The summed E-state index contributed by atoms with van der Waals surface area (Å²) in [5, 5.41) is 2.03. The summed E-state index contributed by atoms with van der Waals surface area (Å²) in [4.78, 5) is 57.6. The Morgan fingerprint density at radius 3 is 2.82 bits per heavy atom. The number of nitrogens with zero attached hydrogens (tertiary/aromatic N) is 3. The molecule has 0 N–H and O–H groups in total. The third kappa shape index (κ3) is 4.02. The number of rotatable bonds is 7. The molecule has 2 aromatic rings. The van der Waals surface area contributed by atoms with Crippen LogP contribution in [0.1, 0.15) is 41.4 Å². The number of thiazole rings is 1. The second kappa shape index (κ2) is 8.78. The number of likely N-dealkylation sites (tertiary alicyclic amines) is 1. The Kier molecular flexibility index (Phi) is 5.67. The lowest BCUT2D eigenvalue weighted by Crippen LogP contribution is -2.43. The largest absolute Gasteiger partial charge is 0.480 e. The van der Waals surface area contributed by atoms with Gasteiger partial charge in [0.05, 0.1) is 11.8 Å². The molecule has 1 saturated heterocycles. The number of ketones is 2. The summed E-state index contributed by atoms with van der Waals surface area (Å²) in [5.74, 6) is -0.533. The number of fused-ring (bicyclic) bond motifs is 1. The van der Waals surface area contributed by atoms with Crippen LogP contribution in [0.15, 0.2) is 42.0 Å². The van der Waals surface area contributed by atoms with Gasteiger partial charge in [-0.3, -0.25) is 24.1 Å². The molecule has 2 atom stereocenters. The Bertz CT molecular complexity index is 1160. The number of ether oxygens (including phenoxy) is 2. The van der Waals surface area contributed by atoms with Gasteiger partial charge in [-0.2, -0.15) is 0 Å². The molecule has 33 heavy (non-hydrogen) atoms. The van der Waals surface area contributed by atoms with Gasteiger partial charge in [0.2, 0.25) is 29.7 Å². The molecule has 1 aromatic carbocycles. The molecule has 0 radical (unpaired) electrons. The molecule has 4 heterocycles. The van der Waals surface area contributed by atoms with Gasteiger partial charge >= 0.3 is 0 Å². The minimum Gasteiger partial charge on any atom is -0.480 e. The van der Waals surface area contributed by atoms with Gasteiger partial charge in [-0.05, 0) is 25.0 Å². The number of carbonyl (C=O) groups excluding carboxylic acids is 4. The van der Waals surface area contributed by atoms with Crippen LogP contribution in [0.25, 0.3) is 0 Å². The predicted octanol–water partition coefficient (Wildman–Crippen LogP) is 2.29. The molecule has 0 saturated carbocycles. The number of Topliss-reactive ketones (excluding diaryl/α,β-unsaturated/α-hetero) is 1. The van der Waals surface area contributed by atoms with E-state index in [2.05, 4.69) is 4.98 Å². The first kappa shape index (κ1) is 21.3. The molecule has 2 unspecified atom stereocenters. The van der Waals surface area contributed by atoms with Gasteiger partial charge in [-0.15, -0.1) is 11.3 Å². The van der Waals surface area contributed by atoms with Crippen molar-refractivity contribution >= 4 is 39.8 Å². The van der Waals surface area contributed by atoms with Gasteiger partial charge in [0.1, 0.15) is 11.4 Å². The molecule has 0 spiro atoms. The number of hydrogen-bond acceptors (Lipinski definition) is 8. The topological polar surface area (TPSA) is 106 Å². The summed E-state index contributed by atoms with van der Waals surface area (Å²) in [6, 6.07) is 6.99. The average molecular weight is 468 g/mol. The van der Waals surface area contributed by atoms with Gasteiger partial charge in [0.25, 0.3) is 5.91 Å². The number of aromatic nitrogens is 1. The molecule has 5 rings (SSSR count). The number of hydrogen-bond donors (Lipinski definition) is 0. The highest BCUT2D eigenvalue weighted by Gasteiger charge is 2.38. The van der Waals surface area contributed by atoms with Crippen LogP contribution in [0, 0.1) is 0 Å². The molecule has 1 fully saturated rings. The predicted molar refractivity (Wildman–Crippen MR) is 118 cm³/mol. The average Bonchev–Trinajstić information content (AvgIpc) is 3.60. The first-order valence-corrected chi connectivity index (χ1v) is 11.6. The van der Waals surface area contributed by atoms with Crippen molar-refractivity contribution < 1.29 is 28.7 Å². The minimum absolute atomic E-state index is 0.111. The van der Waals surface area contributed by atoms with E-state index in [9.17, 15) is 19.2 Å². The van der Waals surface area contributed by atoms with Crippen LogP contribution < -0.4 is 9.64 Å². The number of carbonyl (C=O) groups is 4. The number of amides is 2. The minimum atomic E-state index is -1.25. The Labute approximate surface area is 193 Å². The maximum absolute atomic E-state index is 13.1. The van der Waals surface area contributed by atoms with Gasteiger partial charge in [-0.25, -0.2) is 4.98 Å². The van der Waals surface area contributed by atoms with Crippen molar-refractivity contribution in [3.63, 3.8) is 0 Å². The fourth-order valence-corrected chi connectivity index (χ4v) is 5.00. The van der Waals surface area contributed by atoms with Crippen molar-refractivity contribution in [3.05, 3.63) is 53.2 Å². The zero-order valence-corrected chi connectivity index (χ0v) is 18.5. The second-order valence-corrected chi connectivity index (χ2v) is 8.80. The first-order chi connectivity index (χ1) is 16.0. The monoisotopic (exact) mass is 467 g/mol. The van der Waals surface area contributed by atoms with Crippen molar-refractivity contribution in [3.8, 4) is 5.75 Å². The molecule has 2 amide bonds. The van der Waals surface area contributed by atoms with Crippen LogP contribution >= 0.6 is 11.3 Å². The van der Waals surface area contributed by atoms with Gasteiger partial charge in [0.15, 0.2) is 5.13 Å². The molecule has 3 aliphatic rings. The van der Waals surface area contributed by atoms with E-state index in [1.54, 1.807) is 34.5 Å². The Morgan fingerprint density at radius 1 is 1.24 bits per heavy atom. The fraction of sp³-hybridized carbons (Fsp3) is 0.348. The van der Waals surface area contributed by atoms with Crippen molar-refractivity contribution in [2.75, 3.05) is 24.5 Å². The standard InChI is InChI=1S/C23H21N3O6S/c27-16-8-12-31-21(16)22(30)26(11-4-10-25-9-3-7-18(25)28)23-24-15(13-33-23)20-19(29)14-5-1-2-6-17(14)32-20/h1-2,5-6,8,12-13,20-21H,3-4,7,9-11H2. The van der Waals surface area contributed by atoms with Crippen LogP contribution in [0.5, 0.6) is 5.75 Å². The van der Waals surface area contributed by atoms with E-state index in [1.807, 2.05) is 0 Å². The van der Waals surface area contributed by atoms with Crippen molar-refractivity contribution in [1.29, 1.82) is 0 Å². The summed E-state index contributed by atoms with van der Waals surface area (Å²) in [7, 11) is 0. The van der Waals surface area contributed by atoms with Crippen LogP contribution in [-0.2, 0) is 19.1 Å². The molecule has 1 aromatic heterocycles. The van der Waals surface area contributed by atoms with E-state index in [4.69, 9.17) is 9.47 Å². The lowest BCUT2D eigenvalue weighted by Gasteiger charge is -2.24. The molecule has 3 aliphatic heterocycles. The Hall–Kier alpha value is -3.53. The Balaban J connectivity index is 1.34. The van der Waals surface area contributed by atoms with E-state index in [1.165, 1.54) is 28.6 Å². The van der Waals surface area contributed by atoms with Gasteiger partial charge in [-0.1, -0.05) is 12.1 Å². The summed E-state index contributed by atoms with van der Waals surface area (Å²) in [6.07, 6.45) is 2.21. The van der Waals surface area contributed by atoms with Crippen molar-refractivity contribution in [2.45, 2.75) is 31.5 Å². The normalized spacial score (nSPS) is 21.3. The number of anilines is 1. The highest BCUT2D eigenvalue weighted by atomic mass is 32.1. The lowest BCUT2D eigenvalue weighted by atomic mass is 10.1. The van der Waals surface area contributed by atoms with Crippen LogP contribution in [0.2, 0.25) is 0 Å².